The molecule has 5 nitrogen and oxygen atoms in total. The lowest BCUT2D eigenvalue weighted by Gasteiger charge is -2.43. The Morgan fingerprint density at radius 3 is 2.62 bits per heavy atom. The Kier molecular flexibility index (Phi) is 4.27. The summed E-state index contributed by atoms with van der Waals surface area (Å²) < 4.78 is 6.02. The highest BCUT2D eigenvalue weighted by Gasteiger charge is 2.44. The zero-order valence-corrected chi connectivity index (χ0v) is 14.2. The van der Waals surface area contributed by atoms with Crippen molar-refractivity contribution in [2.75, 3.05) is 7.11 Å². The number of ether oxygens (including phenoxy) is 1. The standard InChI is InChI=1S/C15H19BrN2O3/c1-9-13(19)18(15(2,3)14(20)17-9)8-10-5-6-12(21-4)11(16)7-10/h5-7,9H,8H2,1-4H3,(H,17,20). The fraction of sp³-hybridized carbons (Fsp3) is 0.467. The molecule has 1 aliphatic rings. The summed E-state index contributed by atoms with van der Waals surface area (Å²) in [4.78, 5) is 26.1. The first-order valence-corrected chi connectivity index (χ1v) is 7.51. The summed E-state index contributed by atoms with van der Waals surface area (Å²) in [5, 5.41) is 2.71. The maximum atomic E-state index is 12.4. The second-order valence-electron chi connectivity index (χ2n) is 5.65. The van der Waals surface area contributed by atoms with Gasteiger partial charge in [-0.15, -0.1) is 0 Å². The average molecular weight is 355 g/mol. The van der Waals surface area contributed by atoms with Crippen LogP contribution in [0.1, 0.15) is 26.3 Å². The van der Waals surface area contributed by atoms with E-state index in [9.17, 15) is 9.59 Å². The first kappa shape index (κ1) is 15.8. The third-order valence-corrected chi connectivity index (χ3v) is 4.39. The van der Waals surface area contributed by atoms with Crippen molar-refractivity contribution in [3.8, 4) is 5.75 Å². The van der Waals surface area contributed by atoms with Crippen LogP contribution in [-0.4, -0.2) is 35.4 Å². The van der Waals surface area contributed by atoms with E-state index < -0.39 is 11.6 Å². The Balaban J connectivity index is 2.29. The molecule has 0 aromatic heterocycles. The van der Waals surface area contributed by atoms with Crippen molar-refractivity contribution >= 4 is 27.7 Å². The van der Waals surface area contributed by atoms with E-state index in [4.69, 9.17) is 4.74 Å². The van der Waals surface area contributed by atoms with Gasteiger partial charge in [-0.25, -0.2) is 0 Å². The Labute approximate surface area is 132 Å². The van der Waals surface area contributed by atoms with E-state index in [0.717, 1.165) is 15.8 Å². The lowest BCUT2D eigenvalue weighted by atomic mass is 9.95. The molecule has 1 atom stereocenters. The van der Waals surface area contributed by atoms with Crippen LogP contribution in [0.3, 0.4) is 0 Å². The molecule has 2 amide bonds. The number of hydrogen-bond donors (Lipinski definition) is 1. The summed E-state index contributed by atoms with van der Waals surface area (Å²) in [6.07, 6.45) is 0. The van der Waals surface area contributed by atoms with Gasteiger partial charge in [0.05, 0.1) is 11.6 Å². The summed E-state index contributed by atoms with van der Waals surface area (Å²) in [5.41, 5.74) is 0.0710. The number of carbonyl (C=O) groups excluding carboxylic acids is 2. The minimum atomic E-state index is -0.865. The molecular weight excluding hydrogens is 336 g/mol. The molecule has 1 aromatic carbocycles. The smallest absolute Gasteiger partial charge is 0.246 e. The van der Waals surface area contributed by atoms with Crippen molar-refractivity contribution < 1.29 is 14.3 Å². The van der Waals surface area contributed by atoms with Crippen LogP contribution in [0.15, 0.2) is 22.7 Å². The molecule has 1 unspecified atom stereocenters. The number of benzene rings is 1. The summed E-state index contributed by atoms with van der Waals surface area (Å²) in [6.45, 7) is 5.59. The third kappa shape index (κ3) is 2.90. The van der Waals surface area contributed by atoms with Crippen molar-refractivity contribution in [1.82, 2.24) is 10.2 Å². The molecule has 1 fully saturated rings. The zero-order chi connectivity index (χ0) is 15.8. The van der Waals surface area contributed by atoms with Crippen molar-refractivity contribution in [3.05, 3.63) is 28.2 Å². The van der Waals surface area contributed by atoms with Crippen LogP contribution in [0.2, 0.25) is 0 Å². The second kappa shape index (κ2) is 5.67. The highest BCUT2D eigenvalue weighted by molar-refractivity contribution is 9.10. The first-order valence-electron chi connectivity index (χ1n) is 6.72. The summed E-state index contributed by atoms with van der Waals surface area (Å²) in [5.74, 6) is 0.516. The van der Waals surface area contributed by atoms with Crippen molar-refractivity contribution in [3.63, 3.8) is 0 Å². The molecule has 2 rings (SSSR count). The Bertz CT molecular complexity index is 586. The number of halogens is 1. The molecule has 1 saturated heterocycles. The number of nitrogens with zero attached hydrogens (tertiary/aromatic N) is 1. The van der Waals surface area contributed by atoms with Crippen LogP contribution in [0.4, 0.5) is 0 Å². The maximum absolute atomic E-state index is 12.4. The van der Waals surface area contributed by atoms with E-state index in [0.29, 0.717) is 6.54 Å². The van der Waals surface area contributed by atoms with Gasteiger partial charge in [0.25, 0.3) is 0 Å². The normalized spacial score (nSPS) is 21.2. The lowest BCUT2D eigenvalue weighted by Crippen LogP contribution is -2.67. The van der Waals surface area contributed by atoms with Gasteiger partial charge in [-0.2, -0.15) is 0 Å². The van der Waals surface area contributed by atoms with Crippen LogP contribution in [0.25, 0.3) is 0 Å². The predicted molar refractivity (Wildman–Crippen MR) is 82.9 cm³/mol. The van der Waals surface area contributed by atoms with Crippen LogP contribution >= 0.6 is 15.9 Å². The monoisotopic (exact) mass is 354 g/mol. The van der Waals surface area contributed by atoms with E-state index in [2.05, 4.69) is 21.2 Å². The van der Waals surface area contributed by atoms with Gasteiger partial charge in [-0.05, 0) is 54.4 Å². The predicted octanol–water partition coefficient (Wildman–Crippen LogP) is 2.08. The maximum Gasteiger partial charge on any atom is 0.246 e. The molecule has 1 aliphatic heterocycles. The van der Waals surface area contributed by atoms with Crippen LogP contribution < -0.4 is 10.1 Å². The minimum Gasteiger partial charge on any atom is -0.496 e. The van der Waals surface area contributed by atoms with Crippen LogP contribution in [0.5, 0.6) is 5.75 Å². The van der Waals surface area contributed by atoms with E-state index in [1.165, 1.54) is 0 Å². The van der Waals surface area contributed by atoms with E-state index in [1.807, 2.05) is 18.2 Å². The molecule has 0 aliphatic carbocycles. The molecular formula is C15H19BrN2O3. The average Bonchev–Trinajstić information content (AvgIpc) is 2.42. The van der Waals surface area contributed by atoms with Crippen molar-refractivity contribution in [1.29, 1.82) is 0 Å². The fourth-order valence-electron chi connectivity index (χ4n) is 2.33. The third-order valence-electron chi connectivity index (χ3n) is 3.77. The number of amides is 2. The Morgan fingerprint density at radius 2 is 2.05 bits per heavy atom. The largest absolute Gasteiger partial charge is 0.496 e. The number of rotatable bonds is 3. The van der Waals surface area contributed by atoms with Crippen LogP contribution in [0, 0.1) is 0 Å². The molecule has 1 heterocycles. The van der Waals surface area contributed by atoms with E-state index >= 15 is 0 Å². The van der Waals surface area contributed by atoms with Gasteiger partial charge in [0.1, 0.15) is 17.3 Å². The van der Waals surface area contributed by atoms with Crippen LogP contribution in [-0.2, 0) is 16.1 Å². The highest BCUT2D eigenvalue weighted by Crippen LogP contribution is 2.28. The van der Waals surface area contributed by atoms with Gasteiger partial charge in [0, 0.05) is 6.54 Å². The van der Waals surface area contributed by atoms with E-state index in [1.54, 1.807) is 32.8 Å². The van der Waals surface area contributed by atoms with Crippen molar-refractivity contribution in [2.45, 2.75) is 38.9 Å². The molecule has 0 bridgehead atoms. The van der Waals surface area contributed by atoms with Gasteiger partial charge >= 0.3 is 0 Å². The molecule has 0 radical (unpaired) electrons. The Hall–Kier alpha value is -1.56. The quantitative estimate of drug-likeness (QED) is 0.903. The topological polar surface area (TPSA) is 58.6 Å². The van der Waals surface area contributed by atoms with Gasteiger partial charge in [-0.3, -0.25) is 9.59 Å². The van der Waals surface area contributed by atoms with Gasteiger partial charge < -0.3 is 15.0 Å². The Morgan fingerprint density at radius 1 is 1.38 bits per heavy atom. The summed E-state index contributed by atoms with van der Waals surface area (Å²) in [6, 6.07) is 5.14. The van der Waals surface area contributed by atoms with Gasteiger partial charge in [-0.1, -0.05) is 6.07 Å². The second-order valence-corrected chi connectivity index (χ2v) is 6.50. The number of carbonyl (C=O) groups is 2. The van der Waals surface area contributed by atoms with Gasteiger partial charge in [0.2, 0.25) is 11.8 Å². The molecule has 0 spiro atoms. The van der Waals surface area contributed by atoms with E-state index in [-0.39, 0.29) is 11.8 Å². The zero-order valence-electron chi connectivity index (χ0n) is 12.6. The number of hydrogen-bond acceptors (Lipinski definition) is 3. The fourth-order valence-corrected chi connectivity index (χ4v) is 2.92. The molecule has 114 valence electrons. The lowest BCUT2D eigenvalue weighted by molar-refractivity contribution is -0.155. The summed E-state index contributed by atoms with van der Waals surface area (Å²) >= 11 is 3.43. The van der Waals surface area contributed by atoms with Crippen molar-refractivity contribution in [2.24, 2.45) is 0 Å². The first-order chi connectivity index (χ1) is 9.77. The number of methoxy groups -OCH3 is 1. The molecule has 1 aromatic rings. The number of nitrogens with one attached hydrogen (secondary N) is 1. The minimum absolute atomic E-state index is 0.0773. The molecule has 6 heteroatoms. The van der Waals surface area contributed by atoms with Gasteiger partial charge in [0.15, 0.2) is 0 Å². The number of piperazine rings is 1. The SMILES string of the molecule is COc1ccc(CN2C(=O)C(C)NC(=O)C2(C)C)cc1Br. The highest BCUT2D eigenvalue weighted by atomic mass is 79.9. The molecule has 1 N–H and O–H groups in total. The molecule has 21 heavy (non-hydrogen) atoms. The summed E-state index contributed by atoms with van der Waals surface area (Å²) in [7, 11) is 1.60. The molecule has 0 saturated carbocycles.